The van der Waals surface area contributed by atoms with E-state index >= 15 is 0 Å². The minimum Gasteiger partial charge on any atom is -0.466 e. The first-order valence-corrected chi connectivity index (χ1v) is 17.4. The van der Waals surface area contributed by atoms with Crippen molar-refractivity contribution in [3.63, 3.8) is 0 Å². The van der Waals surface area contributed by atoms with E-state index in [1.54, 1.807) is 0 Å². The fourth-order valence-electron chi connectivity index (χ4n) is 5.31. The summed E-state index contributed by atoms with van der Waals surface area (Å²) in [4.78, 5) is 24.9. The lowest BCUT2D eigenvalue weighted by Gasteiger charge is -2.28. The number of carbonyl (C=O) groups is 2. The highest BCUT2D eigenvalue weighted by molar-refractivity contribution is 5.72. The molecule has 5 heteroatoms. The molecule has 0 aromatic carbocycles. The average Bonchev–Trinajstić information content (AvgIpc) is 2.89. The zero-order chi connectivity index (χ0) is 29.7. The van der Waals surface area contributed by atoms with Crippen molar-refractivity contribution in [2.24, 2.45) is 0 Å². The molecule has 5 nitrogen and oxygen atoms in total. The molecule has 0 radical (unpaired) electrons. The second kappa shape index (κ2) is 28.0. The smallest absolute Gasteiger partial charge is 0.309 e. The summed E-state index contributed by atoms with van der Waals surface area (Å²) in [5.41, 5.74) is 0. The van der Waals surface area contributed by atoms with Crippen molar-refractivity contribution in [2.45, 2.75) is 180 Å². The molecule has 40 heavy (non-hydrogen) atoms. The third kappa shape index (κ3) is 29.9. The van der Waals surface area contributed by atoms with E-state index in [1.165, 1.54) is 122 Å². The van der Waals surface area contributed by atoms with Crippen molar-refractivity contribution >= 4 is 11.9 Å². The van der Waals surface area contributed by atoms with Crippen LogP contribution in [-0.4, -0.2) is 56.8 Å². The molecule has 0 saturated carbocycles. The van der Waals surface area contributed by atoms with E-state index in [-0.39, 0.29) is 18.4 Å². The van der Waals surface area contributed by atoms with Crippen LogP contribution in [0.15, 0.2) is 0 Å². The maximum absolute atomic E-state index is 12.5. The highest BCUT2D eigenvalue weighted by Gasteiger charge is 2.25. The summed E-state index contributed by atoms with van der Waals surface area (Å²) in [6, 6.07) is 0. The molecule has 0 aromatic heterocycles. The Bertz CT molecular complexity index is 572. The van der Waals surface area contributed by atoms with Gasteiger partial charge in [-0.3, -0.25) is 9.59 Å². The fourth-order valence-corrected chi connectivity index (χ4v) is 5.31. The Kier molecular flexibility index (Phi) is 27.3. The van der Waals surface area contributed by atoms with Gasteiger partial charge in [0.2, 0.25) is 0 Å². The van der Waals surface area contributed by atoms with Gasteiger partial charge in [0.05, 0.1) is 34.2 Å². The van der Waals surface area contributed by atoms with Crippen molar-refractivity contribution in [2.75, 3.05) is 34.3 Å². The molecule has 0 fully saturated rings. The molecule has 1 atom stereocenters. The molecule has 0 N–H and O–H groups in total. The minimum absolute atomic E-state index is 0.151. The number of quaternary nitrogens is 1. The molecule has 0 amide bonds. The van der Waals surface area contributed by atoms with Gasteiger partial charge < -0.3 is 14.0 Å². The van der Waals surface area contributed by atoms with Crippen LogP contribution < -0.4 is 0 Å². The second-order valence-corrected chi connectivity index (χ2v) is 13.2. The summed E-state index contributed by atoms with van der Waals surface area (Å²) in [6.07, 6.45) is 29.5. The van der Waals surface area contributed by atoms with Gasteiger partial charge in [0, 0.05) is 6.42 Å². The number of hydrogen-bond donors (Lipinski definition) is 0. The fraction of sp³-hybridized carbons (Fsp3) is 0.943. The van der Waals surface area contributed by atoms with Crippen LogP contribution in [0.2, 0.25) is 0 Å². The quantitative estimate of drug-likeness (QED) is 0.0491. The lowest BCUT2D eigenvalue weighted by atomic mass is 10.1. The number of carbonyl (C=O) groups excluding carboxylic acids is 2. The van der Waals surface area contributed by atoms with Gasteiger partial charge in [0.25, 0.3) is 0 Å². The number of hydrogen-bond acceptors (Lipinski definition) is 4. The lowest BCUT2D eigenvalue weighted by Crippen LogP contribution is -2.44. The highest BCUT2D eigenvalue weighted by Crippen LogP contribution is 2.15. The summed E-state index contributed by atoms with van der Waals surface area (Å²) in [5, 5.41) is 0. The van der Waals surface area contributed by atoms with Crippen LogP contribution in [0, 0.1) is 0 Å². The second-order valence-electron chi connectivity index (χ2n) is 13.2. The Labute approximate surface area is 250 Å². The van der Waals surface area contributed by atoms with E-state index in [0.29, 0.717) is 24.1 Å². The maximum atomic E-state index is 12.5. The van der Waals surface area contributed by atoms with Crippen molar-refractivity contribution in [1.29, 1.82) is 0 Å². The van der Waals surface area contributed by atoms with Crippen LogP contribution in [0.25, 0.3) is 0 Å². The van der Waals surface area contributed by atoms with E-state index in [0.717, 1.165) is 25.7 Å². The number of nitrogens with zero attached hydrogens (tertiary/aromatic N) is 1. The molecule has 0 heterocycles. The summed E-state index contributed by atoms with van der Waals surface area (Å²) in [7, 11) is 6.17. The zero-order valence-corrected chi connectivity index (χ0v) is 27.7. The SMILES string of the molecule is CCCCCCCCCCCCCCOC(=O)C[C@@H](C[N+](C)(C)C)OC(=O)CCCCCCCCCCCCC. The Balaban J connectivity index is 3.92. The monoisotopic (exact) mass is 569 g/mol. The van der Waals surface area contributed by atoms with Crippen LogP contribution in [-0.2, 0) is 19.1 Å². The van der Waals surface area contributed by atoms with Gasteiger partial charge >= 0.3 is 11.9 Å². The van der Waals surface area contributed by atoms with Gasteiger partial charge in [0.1, 0.15) is 6.54 Å². The van der Waals surface area contributed by atoms with E-state index in [4.69, 9.17) is 9.47 Å². The van der Waals surface area contributed by atoms with E-state index < -0.39 is 6.10 Å². The van der Waals surface area contributed by atoms with Crippen LogP contribution >= 0.6 is 0 Å². The summed E-state index contributed by atoms with van der Waals surface area (Å²) >= 11 is 0. The first-order chi connectivity index (χ1) is 19.3. The van der Waals surface area contributed by atoms with Crippen LogP contribution in [0.3, 0.4) is 0 Å². The number of likely N-dealkylation sites (N-methyl/N-ethyl adjacent to an activating group) is 1. The molecule has 0 saturated heterocycles. The molecular formula is C35H70NO4+. The van der Waals surface area contributed by atoms with Gasteiger partial charge in [-0.05, 0) is 12.8 Å². The lowest BCUT2D eigenvalue weighted by molar-refractivity contribution is -0.873. The predicted octanol–water partition coefficient (Wildman–Crippen LogP) is 9.94. The Morgan fingerprint density at radius 3 is 1.30 bits per heavy atom. The van der Waals surface area contributed by atoms with E-state index in [9.17, 15) is 9.59 Å². The van der Waals surface area contributed by atoms with E-state index in [1.807, 2.05) is 0 Å². The van der Waals surface area contributed by atoms with E-state index in [2.05, 4.69) is 35.0 Å². The normalized spacial score (nSPS) is 12.4. The maximum Gasteiger partial charge on any atom is 0.309 e. The summed E-state index contributed by atoms with van der Waals surface area (Å²) in [6.45, 7) is 5.61. The molecule has 0 aromatic rings. The van der Waals surface area contributed by atoms with Crippen LogP contribution in [0.5, 0.6) is 0 Å². The van der Waals surface area contributed by atoms with Gasteiger partial charge in [-0.25, -0.2) is 0 Å². The van der Waals surface area contributed by atoms with Gasteiger partial charge in [-0.2, -0.15) is 0 Å². The number of unbranched alkanes of at least 4 members (excludes halogenated alkanes) is 21. The Hall–Kier alpha value is -1.10. The zero-order valence-electron chi connectivity index (χ0n) is 27.7. The molecule has 0 unspecified atom stereocenters. The molecule has 0 rings (SSSR count). The molecule has 0 spiro atoms. The summed E-state index contributed by atoms with van der Waals surface area (Å²) in [5.74, 6) is -0.424. The largest absolute Gasteiger partial charge is 0.466 e. The van der Waals surface area contributed by atoms with Crippen LogP contribution in [0.1, 0.15) is 174 Å². The first-order valence-electron chi connectivity index (χ1n) is 17.4. The van der Waals surface area contributed by atoms with Gasteiger partial charge in [-0.15, -0.1) is 0 Å². The number of esters is 2. The standard InChI is InChI=1S/C35H70NO4/c1-6-8-10-12-14-16-18-20-22-24-26-28-30-39-35(38)31-33(32-36(3,4)5)40-34(37)29-27-25-23-21-19-17-15-13-11-9-7-2/h33H,6-32H2,1-5H3/q+1/t33-/m0/s1. The third-order valence-electron chi connectivity index (χ3n) is 7.69. The topological polar surface area (TPSA) is 52.6 Å². The van der Waals surface area contributed by atoms with Crippen LogP contribution in [0.4, 0.5) is 0 Å². The van der Waals surface area contributed by atoms with Crippen molar-refractivity contribution in [3.8, 4) is 0 Å². The Morgan fingerprint density at radius 1 is 0.525 bits per heavy atom. The van der Waals surface area contributed by atoms with Gasteiger partial charge in [-0.1, -0.05) is 149 Å². The van der Waals surface area contributed by atoms with Crippen molar-refractivity contribution in [3.05, 3.63) is 0 Å². The molecule has 238 valence electrons. The first kappa shape index (κ1) is 38.9. The molecular weight excluding hydrogens is 498 g/mol. The van der Waals surface area contributed by atoms with Crippen molar-refractivity contribution < 1.29 is 23.5 Å². The number of rotatable bonds is 30. The average molecular weight is 569 g/mol. The molecule has 0 aliphatic carbocycles. The molecule has 0 aliphatic rings. The molecule has 0 bridgehead atoms. The minimum atomic E-state index is -0.422. The summed E-state index contributed by atoms with van der Waals surface area (Å²) < 4.78 is 11.9. The number of ether oxygens (including phenoxy) is 2. The van der Waals surface area contributed by atoms with Gasteiger partial charge in [0.15, 0.2) is 6.10 Å². The predicted molar refractivity (Wildman–Crippen MR) is 171 cm³/mol. The third-order valence-corrected chi connectivity index (χ3v) is 7.69. The highest BCUT2D eigenvalue weighted by atomic mass is 16.6. The Morgan fingerprint density at radius 2 is 0.900 bits per heavy atom. The van der Waals surface area contributed by atoms with Crippen molar-refractivity contribution in [1.82, 2.24) is 0 Å². The molecule has 0 aliphatic heterocycles.